The van der Waals surface area contributed by atoms with Gasteiger partial charge in [0.05, 0.1) is 11.1 Å². The maximum absolute atomic E-state index is 6.36. The summed E-state index contributed by atoms with van der Waals surface area (Å²) >= 11 is 9.81. The molecule has 0 saturated heterocycles. The minimum Gasteiger partial charge on any atom is -0.466 e. The molecule has 1 atom stereocenters. The lowest BCUT2D eigenvalue weighted by atomic mass is 9.99. The van der Waals surface area contributed by atoms with E-state index in [1.165, 1.54) is 0 Å². The summed E-state index contributed by atoms with van der Waals surface area (Å²) in [7, 11) is 1.92. The molecule has 2 rings (SSSR count). The second-order valence-electron chi connectivity index (χ2n) is 4.23. The van der Waals surface area contributed by atoms with Crippen LogP contribution in [0.4, 0.5) is 0 Å². The van der Waals surface area contributed by atoms with Crippen LogP contribution in [-0.4, -0.2) is 7.05 Å². The monoisotopic (exact) mass is 327 g/mol. The van der Waals surface area contributed by atoms with E-state index in [4.69, 9.17) is 16.0 Å². The average molecular weight is 329 g/mol. The van der Waals surface area contributed by atoms with Crippen LogP contribution in [0.3, 0.4) is 0 Å². The van der Waals surface area contributed by atoms with Crippen molar-refractivity contribution < 1.29 is 4.42 Å². The lowest BCUT2D eigenvalue weighted by molar-refractivity contribution is 0.497. The highest BCUT2D eigenvalue weighted by Gasteiger charge is 2.20. The topological polar surface area (TPSA) is 25.2 Å². The van der Waals surface area contributed by atoms with Crippen molar-refractivity contribution in [2.75, 3.05) is 7.05 Å². The Hall–Kier alpha value is -0.770. The summed E-state index contributed by atoms with van der Waals surface area (Å²) in [5.74, 6) is 1.83. The zero-order chi connectivity index (χ0) is 13.3. The Bertz CT molecular complexity index is 565. The van der Waals surface area contributed by atoms with Crippen molar-refractivity contribution in [1.29, 1.82) is 0 Å². The van der Waals surface area contributed by atoms with Crippen LogP contribution in [0.1, 0.15) is 28.7 Å². The molecule has 0 radical (unpaired) electrons. The molecule has 96 valence electrons. The van der Waals surface area contributed by atoms with Crippen LogP contribution >= 0.6 is 27.5 Å². The summed E-state index contributed by atoms with van der Waals surface area (Å²) < 4.78 is 6.50. The number of hydrogen-bond acceptors (Lipinski definition) is 2. The normalized spacial score (nSPS) is 12.7. The predicted molar refractivity (Wildman–Crippen MR) is 78.2 cm³/mol. The Morgan fingerprint density at radius 2 is 2.00 bits per heavy atom. The Labute approximate surface area is 120 Å². The standard InChI is InChI=1S/C14H15BrClNO/c1-8-7-11(9(2)18-8)14(17-3)10-5-4-6-12(15)13(10)16/h4-7,14,17H,1-3H3. The Morgan fingerprint density at radius 1 is 1.28 bits per heavy atom. The van der Waals surface area contributed by atoms with Gasteiger partial charge in [0.1, 0.15) is 11.5 Å². The molecule has 0 spiro atoms. The van der Waals surface area contributed by atoms with Gasteiger partial charge in [-0.2, -0.15) is 0 Å². The molecule has 2 nitrogen and oxygen atoms in total. The van der Waals surface area contributed by atoms with Gasteiger partial charge in [0, 0.05) is 10.0 Å². The Morgan fingerprint density at radius 3 is 2.56 bits per heavy atom. The van der Waals surface area contributed by atoms with Crippen molar-refractivity contribution in [2.45, 2.75) is 19.9 Å². The molecular weight excluding hydrogens is 314 g/mol. The average Bonchev–Trinajstić information content (AvgIpc) is 2.65. The van der Waals surface area contributed by atoms with Crippen molar-refractivity contribution in [1.82, 2.24) is 5.32 Å². The molecule has 1 N–H and O–H groups in total. The number of rotatable bonds is 3. The number of aryl methyl sites for hydroxylation is 2. The molecule has 0 saturated carbocycles. The molecule has 1 aromatic carbocycles. The van der Waals surface area contributed by atoms with E-state index in [1.807, 2.05) is 45.2 Å². The van der Waals surface area contributed by atoms with E-state index in [1.54, 1.807) is 0 Å². The lowest BCUT2D eigenvalue weighted by Gasteiger charge is -2.18. The smallest absolute Gasteiger partial charge is 0.106 e. The SMILES string of the molecule is CNC(c1cc(C)oc1C)c1cccc(Br)c1Cl. The zero-order valence-electron chi connectivity index (χ0n) is 10.6. The van der Waals surface area contributed by atoms with Crippen molar-refractivity contribution >= 4 is 27.5 Å². The zero-order valence-corrected chi connectivity index (χ0v) is 12.9. The van der Waals surface area contributed by atoms with E-state index in [2.05, 4.69) is 21.2 Å². The van der Waals surface area contributed by atoms with Crippen LogP contribution in [0.25, 0.3) is 0 Å². The van der Waals surface area contributed by atoms with Crippen LogP contribution in [0, 0.1) is 13.8 Å². The number of hydrogen-bond donors (Lipinski definition) is 1. The molecule has 4 heteroatoms. The van der Waals surface area contributed by atoms with E-state index in [-0.39, 0.29) is 6.04 Å². The fourth-order valence-electron chi connectivity index (χ4n) is 2.16. The highest BCUT2D eigenvalue weighted by molar-refractivity contribution is 9.10. The van der Waals surface area contributed by atoms with Crippen LogP contribution < -0.4 is 5.32 Å². The Kier molecular flexibility index (Phi) is 4.15. The van der Waals surface area contributed by atoms with Gasteiger partial charge in [0.2, 0.25) is 0 Å². The van der Waals surface area contributed by atoms with Gasteiger partial charge >= 0.3 is 0 Å². The molecule has 18 heavy (non-hydrogen) atoms. The fraction of sp³-hybridized carbons (Fsp3) is 0.286. The first kappa shape index (κ1) is 13.7. The predicted octanol–water partition coefficient (Wildman–Crippen LogP) is 4.62. The van der Waals surface area contributed by atoms with Gasteiger partial charge in [-0.15, -0.1) is 0 Å². The molecular formula is C14H15BrClNO. The van der Waals surface area contributed by atoms with Gasteiger partial charge in [-0.05, 0) is 54.5 Å². The van der Waals surface area contributed by atoms with Crippen molar-refractivity contribution in [3.8, 4) is 0 Å². The highest BCUT2D eigenvalue weighted by Crippen LogP contribution is 2.35. The van der Waals surface area contributed by atoms with Crippen molar-refractivity contribution in [2.24, 2.45) is 0 Å². The van der Waals surface area contributed by atoms with Gasteiger partial charge in [-0.1, -0.05) is 23.7 Å². The van der Waals surface area contributed by atoms with E-state index < -0.39 is 0 Å². The number of furan rings is 1. The number of halogens is 2. The second kappa shape index (κ2) is 5.47. The van der Waals surface area contributed by atoms with Crippen LogP contribution in [-0.2, 0) is 0 Å². The lowest BCUT2D eigenvalue weighted by Crippen LogP contribution is -2.18. The highest BCUT2D eigenvalue weighted by atomic mass is 79.9. The maximum atomic E-state index is 6.36. The van der Waals surface area contributed by atoms with Crippen LogP contribution in [0.2, 0.25) is 5.02 Å². The summed E-state index contributed by atoms with van der Waals surface area (Å²) in [5.41, 5.74) is 2.16. The first-order valence-electron chi connectivity index (χ1n) is 5.72. The third-order valence-electron chi connectivity index (χ3n) is 2.97. The molecule has 0 bridgehead atoms. The second-order valence-corrected chi connectivity index (χ2v) is 5.47. The van der Waals surface area contributed by atoms with E-state index in [0.717, 1.165) is 32.1 Å². The quantitative estimate of drug-likeness (QED) is 0.889. The van der Waals surface area contributed by atoms with Gasteiger partial charge in [-0.3, -0.25) is 0 Å². The molecule has 1 aromatic heterocycles. The fourth-order valence-corrected chi connectivity index (χ4v) is 2.78. The van der Waals surface area contributed by atoms with Crippen molar-refractivity contribution in [3.63, 3.8) is 0 Å². The van der Waals surface area contributed by atoms with Gasteiger partial charge in [0.15, 0.2) is 0 Å². The molecule has 1 heterocycles. The largest absolute Gasteiger partial charge is 0.466 e. The van der Waals surface area contributed by atoms with E-state index in [0.29, 0.717) is 0 Å². The molecule has 0 aliphatic heterocycles. The molecule has 0 fully saturated rings. The summed E-state index contributed by atoms with van der Waals surface area (Å²) in [5, 5.41) is 4.02. The van der Waals surface area contributed by atoms with Crippen molar-refractivity contribution in [3.05, 3.63) is 56.4 Å². The van der Waals surface area contributed by atoms with Gasteiger partial charge < -0.3 is 9.73 Å². The molecule has 1 unspecified atom stereocenters. The molecule has 0 amide bonds. The van der Waals surface area contributed by atoms with Gasteiger partial charge in [0.25, 0.3) is 0 Å². The summed E-state index contributed by atoms with van der Waals surface area (Å²) in [6, 6.07) is 8.03. The maximum Gasteiger partial charge on any atom is 0.106 e. The van der Waals surface area contributed by atoms with E-state index in [9.17, 15) is 0 Å². The summed E-state index contributed by atoms with van der Waals surface area (Å²) in [6.07, 6.45) is 0. The molecule has 0 aliphatic carbocycles. The number of nitrogens with one attached hydrogen (secondary N) is 1. The Balaban J connectivity index is 2.52. The summed E-state index contributed by atoms with van der Waals surface area (Å²) in [4.78, 5) is 0. The molecule has 2 aromatic rings. The minimum absolute atomic E-state index is 0.0347. The third kappa shape index (κ3) is 2.48. The number of benzene rings is 1. The van der Waals surface area contributed by atoms with Crippen LogP contribution in [0.5, 0.6) is 0 Å². The van der Waals surface area contributed by atoms with E-state index >= 15 is 0 Å². The molecule has 0 aliphatic rings. The minimum atomic E-state index is 0.0347. The summed E-state index contributed by atoms with van der Waals surface area (Å²) in [6.45, 7) is 3.92. The van der Waals surface area contributed by atoms with Gasteiger partial charge in [-0.25, -0.2) is 0 Å². The first-order valence-corrected chi connectivity index (χ1v) is 6.89. The third-order valence-corrected chi connectivity index (χ3v) is 4.28. The van der Waals surface area contributed by atoms with Crippen LogP contribution in [0.15, 0.2) is 33.2 Å². The first-order chi connectivity index (χ1) is 8.54.